The van der Waals surface area contributed by atoms with E-state index in [9.17, 15) is 9.59 Å². The van der Waals surface area contributed by atoms with Crippen LogP contribution in [0.2, 0.25) is 0 Å². The summed E-state index contributed by atoms with van der Waals surface area (Å²) in [6.45, 7) is 4.45. The molecule has 2 unspecified atom stereocenters. The number of nitrogens with one attached hydrogen (secondary N) is 1. The highest BCUT2D eigenvalue weighted by Crippen LogP contribution is 2.31. The Labute approximate surface area is 137 Å². The predicted octanol–water partition coefficient (Wildman–Crippen LogP) is 1.96. The summed E-state index contributed by atoms with van der Waals surface area (Å²) in [5.41, 5.74) is -0.216. The molecule has 5 heteroatoms. The van der Waals surface area contributed by atoms with Gasteiger partial charge in [0.25, 0.3) is 5.91 Å². The van der Waals surface area contributed by atoms with Crippen LogP contribution in [0.4, 0.5) is 0 Å². The molecule has 5 nitrogen and oxygen atoms in total. The van der Waals surface area contributed by atoms with Crippen LogP contribution in [0.25, 0.3) is 0 Å². The van der Waals surface area contributed by atoms with Gasteiger partial charge in [-0.15, -0.1) is 0 Å². The molecule has 2 rings (SSSR count). The molecule has 2 atom stereocenters. The first-order chi connectivity index (χ1) is 11.0. The summed E-state index contributed by atoms with van der Waals surface area (Å²) in [6, 6.07) is 9.02. The second kappa shape index (κ2) is 7.59. The first-order valence-corrected chi connectivity index (χ1v) is 8.31. The molecule has 1 heterocycles. The largest absolute Gasteiger partial charge is 0.396 e. The highest BCUT2D eigenvalue weighted by molar-refractivity contribution is 5.99. The quantitative estimate of drug-likeness (QED) is 0.842. The molecule has 0 saturated carbocycles. The number of benzene rings is 1. The lowest BCUT2D eigenvalue weighted by Crippen LogP contribution is -2.57. The van der Waals surface area contributed by atoms with Gasteiger partial charge in [-0.3, -0.25) is 9.59 Å². The normalized spacial score (nSPS) is 22.0. The van der Waals surface area contributed by atoms with E-state index in [1.807, 2.05) is 32.0 Å². The maximum absolute atomic E-state index is 12.8. The van der Waals surface area contributed by atoms with Crippen molar-refractivity contribution in [3.63, 3.8) is 0 Å². The zero-order valence-corrected chi connectivity index (χ0v) is 13.9. The summed E-state index contributed by atoms with van der Waals surface area (Å²) in [7, 11) is 0. The highest BCUT2D eigenvalue weighted by Gasteiger charge is 2.46. The Morgan fingerprint density at radius 1 is 1.35 bits per heavy atom. The Morgan fingerprint density at radius 2 is 2.04 bits per heavy atom. The molecule has 0 spiro atoms. The number of rotatable bonds is 6. The van der Waals surface area contributed by atoms with Crippen molar-refractivity contribution in [2.45, 2.75) is 51.1 Å². The molecule has 1 fully saturated rings. The molecule has 0 bridgehead atoms. The van der Waals surface area contributed by atoms with E-state index in [1.165, 1.54) is 0 Å². The van der Waals surface area contributed by atoms with Gasteiger partial charge in [0, 0.05) is 24.8 Å². The SMILES string of the molecule is CCC(CCO)NC(=O)C1(C)CCCN1C(=O)c1ccccc1. The number of amides is 2. The van der Waals surface area contributed by atoms with E-state index >= 15 is 0 Å². The number of aliphatic hydroxyl groups is 1. The van der Waals surface area contributed by atoms with Crippen LogP contribution in [-0.4, -0.2) is 46.6 Å². The summed E-state index contributed by atoms with van der Waals surface area (Å²) >= 11 is 0. The van der Waals surface area contributed by atoms with Crippen molar-refractivity contribution in [1.82, 2.24) is 10.2 Å². The van der Waals surface area contributed by atoms with Crippen molar-refractivity contribution in [1.29, 1.82) is 0 Å². The summed E-state index contributed by atoms with van der Waals surface area (Å²) in [6.07, 6.45) is 2.77. The number of carbonyl (C=O) groups is 2. The van der Waals surface area contributed by atoms with Crippen LogP contribution in [0.1, 0.15) is 49.9 Å². The molecule has 23 heavy (non-hydrogen) atoms. The average Bonchev–Trinajstić information content (AvgIpc) is 2.97. The molecule has 1 aromatic carbocycles. The topological polar surface area (TPSA) is 69.6 Å². The smallest absolute Gasteiger partial charge is 0.254 e. The van der Waals surface area contributed by atoms with Crippen molar-refractivity contribution in [3.8, 4) is 0 Å². The van der Waals surface area contributed by atoms with Gasteiger partial charge >= 0.3 is 0 Å². The Bertz CT molecular complexity index is 546. The van der Waals surface area contributed by atoms with Gasteiger partial charge in [-0.25, -0.2) is 0 Å². The molecule has 1 saturated heterocycles. The maximum Gasteiger partial charge on any atom is 0.254 e. The molecule has 0 aliphatic carbocycles. The summed E-state index contributed by atoms with van der Waals surface area (Å²) in [5.74, 6) is -0.226. The fraction of sp³-hybridized carbons (Fsp3) is 0.556. The molecule has 1 aromatic rings. The van der Waals surface area contributed by atoms with Crippen molar-refractivity contribution in [2.24, 2.45) is 0 Å². The molecule has 2 amide bonds. The van der Waals surface area contributed by atoms with Gasteiger partial charge in [0.05, 0.1) is 0 Å². The Balaban J connectivity index is 2.15. The van der Waals surface area contributed by atoms with Crippen molar-refractivity contribution in [3.05, 3.63) is 35.9 Å². The van der Waals surface area contributed by atoms with Gasteiger partial charge in [0.1, 0.15) is 5.54 Å². The van der Waals surface area contributed by atoms with E-state index in [0.29, 0.717) is 24.9 Å². The lowest BCUT2D eigenvalue weighted by Gasteiger charge is -2.35. The van der Waals surface area contributed by atoms with Crippen LogP contribution >= 0.6 is 0 Å². The van der Waals surface area contributed by atoms with E-state index in [-0.39, 0.29) is 24.5 Å². The van der Waals surface area contributed by atoms with Crippen LogP contribution in [0.15, 0.2) is 30.3 Å². The monoisotopic (exact) mass is 318 g/mol. The van der Waals surface area contributed by atoms with E-state index in [0.717, 1.165) is 12.8 Å². The standard InChI is InChI=1S/C18H26N2O3/c1-3-15(10-13-21)19-17(23)18(2)11-7-12-20(18)16(22)14-8-5-4-6-9-14/h4-6,8-9,15,21H,3,7,10-13H2,1-2H3,(H,19,23). The van der Waals surface area contributed by atoms with Gasteiger partial charge < -0.3 is 15.3 Å². The minimum Gasteiger partial charge on any atom is -0.396 e. The first kappa shape index (κ1) is 17.5. The number of aliphatic hydroxyl groups excluding tert-OH is 1. The van der Waals surface area contributed by atoms with Crippen molar-refractivity contribution >= 4 is 11.8 Å². The van der Waals surface area contributed by atoms with Crippen LogP contribution in [0.3, 0.4) is 0 Å². The summed E-state index contributed by atoms with van der Waals surface area (Å²) in [5, 5.41) is 12.1. The zero-order valence-electron chi connectivity index (χ0n) is 13.9. The molecular weight excluding hydrogens is 292 g/mol. The van der Waals surface area contributed by atoms with E-state index in [4.69, 9.17) is 5.11 Å². The van der Waals surface area contributed by atoms with Gasteiger partial charge in [-0.2, -0.15) is 0 Å². The van der Waals surface area contributed by atoms with Gasteiger partial charge in [-0.05, 0) is 44.7 Å². The summed E-state index contributed by atoms with van der Waals surface area (Å²) in [4.78, 5) is 27.2. The number of nitrogens with zero attached hydrogens (tertiary/aromatic N) is 1. The lowest BCUT2D eigenvalue weighted by atomic mass is 9.95. The maximum atomic E-state index is 12.8. The third-order valence-electron chi connectivity index (χ3n) is 4.70. The van der Waals surface area contributed by atoms with Crippen LogP contribution in [-0.2, 0) is 4.79 Å². The predicted molar refractivity (Wildman–Crippen MR) is 89.0 cm³/mol. The minimum absolute atomic E-state index is 0.0438. The van der Waals surface area contributed by atoms with Gasteiger partial charge in [0.15, 0.2) is 0 Å². The Kier molecular flexibility index (Phi) is 5.77. The molecule has 1 aliphatic rings. The van der Waals surface area contributed by atoms with Gasteiger partial charge in [0.2, 0.25) is 5.91 Å². The number of carbonyl (C=O) groups excluding carboxylic acids is 2. The summed E-state index contributed by atoms with van der Waals surface area (Å²) < 4.78 is 0. The Morgan fingerprint density at radius 3 is 2.65 bits per heavy atom. The van der Waals surface area contributed by atoms with Gasteiger partial charge in [-0.1, -0.05) is 25.1 Å². The van der Waals surface area contributed by atoms with Crippen LogP contribution < -0.4 is 5.32 Å². The number of likely N-dealkylation sites (tertiary alicyclic amines) is 1. The van der Waals surface area contributed by atoms with E-state index in [2.05, 4.69) is 5.32 Å². The van der Waals surface area contributed by atoms with Crippen molar-refractivity contribution in [2.75, 3.05) is 13.2 Å². The van der Waals surface area contributed by atoms with E-state index in [1.54, 1.807) is 17.0 Å². The molecule has 0 radical (unpaired) electrons. The third kappa shape index (κ3) is 3.72. The molecule has 1 aliphatic heterocycles. The zero-order chi connectivity index (χ0) is 16.9. The van der Waals surface area contributed by atoms with Crippen LogP contribution in [0.5, 0.6) is 0 Å². The minimum atomic E-state index is -0.824. The van der Waals surface area contributed by atoms with Crippen LogP contribution in [0, 0.1) is 0 Å². The molecule has 0 aromatic heterocycles. The molecular formula is C18H26N2O3. The Hall–Kier alpha value is -1.88. The number of hydrogen-bond acceptors (Lipinski definition) is 3. The fourth-order valence-electron chi connectivity index (χ4n) is 3.14. The molecule has 126 valence electrons. The van der Waals surface area contributed by atoms with E-state index < -0.39 is 5.54 Å². The lowest BCUT2D eigenvalue weighted by molar-refractivity contribution is -0.130. The first-order valence-electron chi connectivity index (χ1n) is 8.31. The highest BCUT2D eigenvalue weighted by atomic mass is 16.3. The number of hydrogen-bond donors (Lipinski definition) is 2. The second-order valence-corrected chi connectivity index (χ2v) is 6.29. The second-order valence-electron chi connectivity index (χ2n) is 6.29. The molecule has 2 N–H and O–H groups in total. The third-order valence-corrected chi connectivity index (χ3v) is 4.70. The fourth-order valence-corrected chi connectivity index (χ4v) is 3.14. The van der Waals surface area contributed by atoms with Crippen molar-refractivity contribution < 1.29 is 14.7 Å². The average molecular weight is 318 g/mol.